The number of hydrogen-bond acceptors (Lipinski definition) is 6. The zero-order valence-corrected chi connectivity index (χ0v) is 22.6. The molecule has 3 rings (SSSR count). The highest BCUT2D eigenvalue weighted by atomic mass is 16.5. The van der Waals surface area contributed by atoms with Crippen molar-refractivity contribution in [3.8, 4) is 0 Å². The van der Waals surface area contributed by atoms with Crippen molar-refractivity contribution in [2.75, 3.05) is 53.6 Å². The molecule has 3 N–H and O–H groups in total. The largest absolute Gasteiger partial charge is 0.383 e. The van der Waals surface area contributed by atoms with Gasteiger partial charge >= 0.3 is 0 Å². The van der Waals surface area contributed by atoms with Crippen LogP contribution in [0, 0.1) is 18.8 Å². The number of nitrogens with zero attached hydrogens (tertiary/aromatic N) is 2. The lowest BCUT2D eigenvalue weighted by Gasteiger charge is -2.43. The first-order chi connectivity index (χ1) is 17.9. The Bertz CT molecular complexity index is 902. The van der Waals surface area contributed by atoms with Crippen LogP contribution in [0.1, 0.15) is 54.4 Å². The van der Waals surface area contributed by atoms with Gasteiger partial charge in [-0.2, -0.15) is 0 Å². The van der Waals surface area contributed by atoms with E-state index in [2.05, 4.69) is 5.32 Å². The molecule has 2 fully saturated rings. The van der Waals surface area contributed by atoms with Crippen molar-refractivity contribution in [2.24, 2.45) is 17.6 Å². The number of ether oxygens (including phenoxy) is 2. The zero-order valence-electron chi connectivity index (χ0n) is 22.6. The zero-order chi connectivity index (χ0) is 26.8. The summed E-state index contributed by atoms with van der Waals surface area (Å²) in [6, 6.07) is 6.68. The van der Waals surface area contributed by atoms with Crippen molar-refractivity contribution in [3.05, 3.63) is 35.4 Å². The summed E-state index contributed by atoms with van der Waals surface area (Å²) in [4.78, 5) is 43.3. The number of rotatable bonds is 11. The lowest BCUT2D eigenvalue weighted by atomic mass is 9.82. The summed E-state index contributed by atoms with van der Waals surface area (Å²) in [7, 11) is 3.09. The van der Waals surface area contributed by atoms with E-state index in [1.165, 1.54) is 7.11 Å². The molecule has 1 aliphatic carbocycles. The van der Waals surface area contributed by atoms with Gasteiger partial charge in [0.15, 0.2) is 0 Å². The van der Waals surface area contributed by atoms with E-state index in [-0.39, 0.29) is 30.4 Å². The molecular formula is C28H44N4O5. The first-order valence-electron chi connectivity index (χ1n) is 13.5. The Morgan fingerprint density at radius 3 is 2.46 bits per heavy atom. The van der Waals surface area contributed by atoms with E-state index in [4.69, 9.17) is 15.2 Å². The fourth-order valence-corrected chi connectivity index (χ4v) is 5.60. The quantitative estimate of drug-likeness (QED) is 0.465. The van der Waals surface area contributed by atoms with Crippen LogP contribution in [0.5, 0.6) is 0 Å². The van der Waals surface area contributed by atoms with Crippen molar-refractivity contribution in [1.82, 2.24) is 15.1 Å². The number of amides is 3. The predicted molar refractivity (Wildman–Crippen MR) is 142 cm³/mol. The van der Waals surface area contributed by atoms with Gasteiger partial charge < -0.3 is 30.3 Å². The van der Waals surface area contributed by atoms with Crippen LogP contribution in [-0.2, 0) is 19.1 Å². The molecule has 37 heavy (non-hydrogen) atoms. The molecule has 9 heteroatoms. The summed E-state index contributed by atoms with van der Waals surface area (Å²) < 4.78 is 10.4. The number of nitrogens with two attached hydrogens (primary N) is 1. The number of nitrogens with one attached hydrogen (secondary N) is 1. The Kier molecular flexibility index (Phi) is 11.4. The number of carbonyl (C=O) groups excluding carboxylic acids is 3. The number of benzene rings is 1. The SMILES string of the molecule is COCCN(C(=O)c1cccc(C)c1)C1CCN(C(=O)COC)[C@@H](C(=O)NCC2CCC(CN)CC2)C1. The number of likely N-dealkylation sites (tertiary alicyclic amines) is 1. The highest BCUT2D eigenvalue weighted by Gasteiger charge is 2.39. The van der Waals surface area contributed by atoms with Gasteiger partial charge in [0.1, 0.15) is 12.6 Å². The van der Waals surface area contributed by atoms with E-state index >= 15 is 0 Å². The normalized spacial score (nSPS) is 23.9. The second-order valence-electron chi connectivity index (χ2n) is 10.4. The van der Waals surface area contributed by atoms with E-state index in [0.717, 1.165) is 37.8 Å². The molecule has 1 heterocycles. The van der Waals surface area contributed by atoms with Gasteiger partial charge in [-0.1, -0.05) is 17.7 Å². The van der Waals surface area contributed by atoms with Gasteiger partial charge in [-0.25, -0.2) is 0 Å². The molecule has 0 bridgehead atoms. The summed E-state index contributed by atoms with van der Waals surface area (Å²) in [6.07, 6.45) is 5.26. The van der Waals surface area contributed by atoms with Crippen molar-refractivity contribution < 1.29 is 23.9 Å². The Balaban J connectivity index is 1.73. The maximum absolute atomic E-state index is 13.5. The van der Waals surface area contributed by atoms with E-state index in [9.17, 15) is 14.4 Å². The molecule has 0 aromatic heterocycles. The molecule has 1 saturated carbocycles. The topological polar surface area (TPSA) is 114 Å². The molecule has 1 aliphatic heterocycles. The fraction of sp³-hybridized carbons (Fsp3) is 0.679. The Morgan fingerprint density at radius 1 is 1.08 bits per heavy atom. The number of carbonyl (C=O) groups is 3. The van der Waals surface area contributed by atoms with E-state index in [0.29, 0.717) is 56.5 Å². The minimum Gasteiger partial charge on any atom is -0.383 e. The Morgan fingerprint density at radius 2 is 1.81 bits per heavy atom. The van der Waals surface area contributed by atoms with Crippen LogP contribution in [0.25, 0.3) is 0 Å². The first kappa shape index (κ1) is 29.1. The Labute approximate surface area is 221 Å². The standard InChI is InChI=1S/C28H44N4O5/c1-20-5-4-6-23(15-20)28(35)31(13-14-36-2)24-11-12-32(26(33)19-37-3)25(16-24)27(34)30-18-22-9-7-21(17-29)8-10-22/h4-6,15,21-22,24-25H,7-14,16-19,29H2,1-3H3,(H,30,34)/t21?,22?,24?,25-/m1/s1. The first-order valence-corrected chi connectivity index (χ1v) is 13.5. The van der Waals surface area contributed by atoms with E-state index in [1.807, 2.05) is 36.1 Å². The molecule has 9 nitrogen and oxygen atoms in total. The predicted octanol–water partition coefficient (Wildman–Crippen LogP) is 1.97. The third kappa shape index (κ3) is 7.99. The molecule has 2 atom stereocenters. The van der Waals surface area contributed by atoms with Crippen LogP contribution in [0.15, 0.2) is 24.3 Å². The molecule has 1 aromatic rings. The summed E-state index contributed by atoms with van der Waals surface area (Å²) >= 11 is 0. The highest BCUT2D eigenvalue weighted by Crippen LogP contribution is 2.28. The van der Waals surface area contributed by atoms with E-state index in [1.54, 1.807) is 12.0 Å². The monoisotopic (exact) mass is 516 g/mol. The van der Waals surface area contributed by atoms with Crippen LogP contribution in [0.4, 0.5) is 0 Å². The molecular weight excluding hydrogens is 472 g/mol. The average molecular weight is 517 g/mol. The van der Waals surface area contributed by atoms with Crippen LogP contribution >= 0.6 is 0 Å². The molecule has 1 saturated heterocycles. The fourth-order valence-electron chi connectivity index (χ4n) is 5.60. The smallest absolute Gasteiger partial charge is 0.254 e. The number of hydrogen-bond donors (Lipinski definition) is 2. The lowest BCUT2D eigenvalue weighted by molar-refractivity contribution is -0.146. The molecule has 0 spiro atoms. The van der Waals surface area contributed by atoms with Crippen LogP contribution in [0.2, 0.25) is 0 Å². The minimum atomic E-state index is -0.655. The van der Waals surface area contributed by atoms with Crippen molar-refractivity contribution in [3.63, 3.8) is 0 Å². The molecule has 1 unspecified atom stereocenters. The number of piperidine rings is 1. The summed E-state index contributed by atoms with van der Waals surface area (Å²) in [5.41, 5.74) is 7.44. The van der Waals surface area contributed by atoms with Crippen LogP contribution in [-0.4, -0.2) is 93.2 Å². The minimum absolute atomic E-state index is 0.0762. The molecule has 2 aliphatic rings. The lowest BCUT2D eigenvalue weighted by Crippen LogP contribution is -2.59. The van der Waals surface area contributed by atoms with Crippen LogP contribution in [0.3, 0.4) is 0 Å². The summed E-state index contributed by atoms with van der Waals surface area (Å²) in [6.45, 7) is 4.39. The average Bonchev–Trinajstić information content (AvgIpc) is 2.92. The third-order valence-corrected chi connectivity index (χ3v) is 7.83. The van der Waals surface area contributed by atoms with Gasteiger partial charge in [-0.15, -0.1) is 0 Å². The molecule has 3 amide bonds. The summed E-state index contributed by atoms with van der Waals surface area (Å²) in [5, 5.41) is 3.12. The van der Waals surface area contributed by atoms with E-state index < -0.39 is 6.04 Å². The molecule has 0 radical (unpaired) electrons. The van der Waals surface area contributed by atoms with Crippen molar-refractivity contribution >= 4 is 17.7 Å². The third-order valence-electron chi connectivity index (χ3n) is 7.83. The second kappa shape index (κ2) is 14.4. The Hall–Kier alpha value is -2.49. The maximum Gasteiger partial charge on any atom is 0.254 e. The highest BCUT2D eigenvalue weighted by molar-refractivity contribution is 5.95. The van der Waals surface area contributed by atoms with Crippen molar-refractivity contribution in [1.29, 1.82) is 0 Å². The van der Waals surface area contributed by atoms with Gasteiger partial charge in [-0.3, -0.25) is 14.4 Å². The van der Waals surface area contributed by atoms with Gasteiger partial charge in [0.25, 0.3) is 5.91 Å². The molecule has 1 aromatic carbocycles. The molecule has 206 valence electrons. The number of aryl methyl sites for hydroxylation is 1. The van der Waals surface area contributed by atoms with Gasteiger partial charge in [0, 0.05) is 45.5 Å². The van der Waals surface area contributed by atoms with Gasteiger partial charge in [0.2, 0.25) is 11.8 Å². The van der Waals surface area contributed by atoms with Crippen LogP contribution < -0.4 is 11.1 Å². The van der Waals surface area contributed by atoms with Crippen molar-refractivity contribution in [2.45, 2.75) is 57.5 Å². The van der Waals surface area contributed by atoms with Gasteiger partial charge in [-0.05, 0) is 76.0 Å². The maximum atomic E-state index is 13.5. The summed E-state index contributed by atoms with van der Waals surface area (Å²) in [5.74, 6) is 0.550. The van der Waals surface area contributed by atoms with Gasteiger partial charge in [0.05, 0.1) is 6.61 Å². The second-order valence-corrected chi connectivity index (χ2v) is 10.4. The number of methoxy groups -OCH3 is 2.